The molecule has 3 aliphatic rings. The second-order valence-electron chi connectivity index (χ2n) is 11.8. The van der Waals surface area contributed by atoms with Crippen molar-refractivity contribution in [2.45, 2.75) is 32.2 Å². The number of benzene rings is 3. The maximum Gasteiger partial charge on any atom is 0.245 e. The van der Waals surface area contributed by atoms with Gasteiger partial charge < -0.3 is 24.2 Å². The quantitative estimate of drug-likeness (QED) is 0.307. The molecule has 3 fully saturated rings. The van der Waals surface area contributed by atoms with Gasteiger partial charge in [0.1, 0.15) is 11.6 Å². The summed E-state index contributed by atoms with van der Waals surface area (Å²) in [4.78, 5) is 21.7. The van der Waals surface area contributed by atoms with Gasteiger partial charge in [-0.2, -0.15) is 0 Å². The Morgan fingerprint density at radius 2 is 1.83 bits per heavy atom. The van der Waals surface area contributed by atoms with Gasteiger partial charge in [-0.25, -0.2) is 4.98 Å². The fourth-order valence-electron chi connectivity index (χ4n) is 7.19. The molecule has 3 aromatic carbocycles. The number of carbonyl (C=O) groups excluding carboxylic acids is 1. The van der Waals surface area contributed by atoms with E-state index in [-0.39, 0.29) is 17.1 Å². The molecule has 1 aromatic heterocycles. The molecule has 1 saturated carbocycles. The lowest BCUT2D eigenvalue weighted by molar-refractivity contribution is -0.146. The highest BCUT2D eigenvalue weighted by atomic mass is 16.5. The van der Waals surface area contributed by atoms with Gasteiger partial charge in [0, 0.05) is 60.9 Å². The number of aromatic hydroxyl groups is 1. The van der Waals surface area contributed by atoms with E-state index in [1.807, 2.05) is 29.2 Å². The minimum Gasteiger partial charge on any atom is -0.508 e. The molecule has 0 radical (unpaired) electrons. The van der Waals surface area contributed by atoms with Crippen molar-refractivity contribution in [3.8, 4) is 28.3 Å². The molecule has 7 nitrogen and oxygen atoms in total. The van der Waals surface area contributed by atoms with Gasteiger partial charge in [-0.05, 0) is 60.9 Å². The van der Waals surface area contributed by atoms with Crippen LogP contribution in [0.2, 0.25) is 0 Å². The number of morpholine rings is 1. The van der Waals surface area contributed by atoms with E-state index < -0.39 is 0 Å². The van der Waals surface area contributed by atoms with Crippen molar-refractivity contribution < 1.29 is 14.6 Å². The number of imidazole rings is 1. The highest BCUT2D eigenvalue weighted by Crippen LogP contribution is 2.56. The summed E-state index contributed by atoms with van der Waals surface area (Å²) in [6, 6.07) is 20.7. The van der Waals surface area contributed by atoms with E-state index in [4.69, 9.17) is 9.72 Å². The first-order valence-electron chi connectivity index (χ1n) is 14.7. The van der Waals surface area contributed by atoms with Crippen LogP contribution in [0.5, 0.6) is 5.75 Å². The molecule has 0 unspecified atom stereocenters. The van der Waals surface area contributed by atoms with Crippen molar-refractivity contribution in [3.05, 3.63) is 79.1 Å². The summed E-state index contributed by atoms with van der Waals surface area (Å²) in [5, 5.41) is 12.9. The molecule has 1 spiro atoms. The van der Waals surface area contributed by atoms with Crippen LogP contribution >= 0.6 is 0 Å². The van der Waals surface area contributed by atoms with Crippen molar-refractivity contribution in [3.63, 3.8) is 0 Å². The average Bonchev–Trinajstić information content (AvgIpc) is 3.34. The Balaban J connectivity index is 1.30. The molecule has 210 valence electrons. The molecule has 2 saturated heterocycles. The van der Waals surface area contributed by atoms with Gasteiger partial charge >= 0.3 is 0 Å². The van der Waals surface area contributed by atoms with Crippen LogP contribution in [0.4, 0.5) is 5.69 Å². The summed E-state index contributed by atoms with van der Waals surface area (Å²) in [6.07, 6.45) is 3.47. The SMILES string of the molecule is C=CC(=O)N1CC2(CC(c3nc(-c4ccc(N5CCOCC5)cc4)c(-c4cc(O)cc5ccccc45)n3CC)C2)C1. The molecule has 4 aromatic rings. The Kier molecular flexibility index (Phi) is 6.35. The molecule has 0 bridgehead atoms. The highest BCUT2D eigenvalue weighted by molar-refractivity contribution is 6.00. The van der Waals surface area contributed by atoms with Gasteiger partial charge in [0.15, 0.2) is 0 Å². The first kappa shape index (κ1) is 25.8. The Morgan fingerprint density at radius 3 is 2.54 bits per heavy atom. The van der Waals surface area contributed by atoms with Gasteiger partial charge in [-0.1, -0.05) is 43.0 Å². The maximum atomic E-state index is 12.1. The van der Waals surface area contributed by atoms with Gasteiger partial charge in [0.25, 0.3) is 0 Å². The van der Waals surface area contributed by atoms with Crippen LogP contribution in [0, 0.1) is 5.41 Å². The summed E-state index contributed by atoms with van der Waals surface area (Å²) in [7, 11) is 0. The number of hydrogen-bond donors (Lipinski definition) is 1. The number of nitrogens with zero attached hydrogens (tertiary/aromatic N) is 4. The number of rotatable bonds is 6. The van der Waals surface area contributed by atoms with E-state index in [0.717, 1.165) is 97.9 Å². The van der Waals surface area contributed by atoms with Crippen LogP contribution in [0.3, 0.4) is 0 Å². The van der Waals surface area contributed by atoms with Crippen LogP contribution in [-0.2, 0) is 16.1 Å². The number of ether oxygens (including phenoxy) is 1. The third kappa shape index (κ3) is 4.39. The number of hydrogen-bond acceptors (Lipinski definition) is 5. The molecule has 7 heteroatoms. The first-order chi connectivity index (χ1) is 20.0. The van der Waals surface area contributed by atoms with E-state index in [2.05, 4.69) is 59.4 Å². The minimum atomic E-state index is 0.0231. The number of phenolic OH excluding ortho intramolecular Hbond substituents is 1. The summed E-state index contributed by atoms with van der Waals surface area (Å²) in [5.74, 6) is 1.71. The zero-order chi connectivity index (χ0) is 28.1. The first-order valence-corrected chi connectivity index (χ1v) is 14.7. The Hall–Kier alpha value is -4.10. The van der Waals surface area contributed by atoms with E-state index in [9.17, 15) is 9.90 Å². The van der Waals surface area contributed by atoms with Crippen LogP contribution in [0.1, 0.15) is 31.5 Å². The Labute approximate surface area is 240 Å². The maximum absolute atomic E-state index is 12.1. The molecule has 1 N–H and O–H groups in total. The van der Waals surface area contributed by atoms with Crippen molar-refractivity contribution in [2.75, 3.05) is 44.3 Å². The van der Waals surface area contributed by atoms with Gasteiger partial charge in [-0.15, -0.1) is 0 Å². The number of aromatic nitrogens is 2. The van der Waals surface area contributed by atoms with Gasteiger partial charge in [0.2, 0.25) is 5.91 Å². The van der Waals surface area contributed by atoms with Gasteiger partial charge in [0.05, 0.1) is 24.6 Å². The molecule has 1 aliphatic carbocycles. The normalized spacial score (nSPS) is 18.4. The lowest BCUT2D eigenvalue weighted by atomic mass is 9.57. The number of carbonyl (C=O) groups is 1. The van der Waals surface area contributed by atoms with Crippen LogP contribution in [-0.4, -0.2) is 64.9 Å². The molecule has 41 heavy (non-hydrogen) atoms. The summed E-state index contributed by atoms with van der Waals surface area (Å²) < 4.78 is 7.90. The van der Waals surface area contributed by atoms with Crippen molar-refractivity contribution in [1.82, 2.24) is 14.5 Å². The molecule has 2 aliphatic heterocycles. The molecular formula is C34H36N4O3. The topological polar surface area (TPSA) is 70.8 Å². The predicted octanol–water partition coefficient (Wildman–Crippen LogP) is 5.82. The van der Waals surface area contributed by atoms with E-state index in [1.165, 1.54) is 11.8 Å². The minimum absolute atomic E-state index is 0.0231. The Bertz CT molecular complexity index is 1620. The molecule has 1 amide bonds. The van der Waals surface area contributed by atoms with E-state index in [0.29, 0.717) is 5.92 Å². The zero-order valence-electron chi connectivity index (χ0n) is 23.6. The van der Waals surface area contributed by atoms with Crippen LogP contribution in [0.25, 0.3) is 33.3 Å². The fourth-order valence-corrected chi connectivity index (χ4v) is 7.19. The summed E-state index contributed by atoms with van der Waals surface area (Å²) in [6.45, 7) is 11.5. The third-order valence-electron chi connectivity index (χ3n) is 9.19. The van der Waals surface area contributed by atoms with Crippen LogP contribution < -0.4 is 4.90 Å². The average molecular weight is 549 g/mol. The molecule has 3 heterocycles. The number of amides is 1. The fraction of sp³-hybridized carbons (Fsp3) is 0.353. The largest absolute Gasteiger partial charge is 0.508 e. The molecule has 0 atom stereocenters. The van der Waals surface area contributed by atoms with Crippen molar-refractivity contribution in [1.29, 1.82) is 0 Å². The monoisotopic (exact) mass is 548 g/mol. The second kappa shape index (κ2) is 10.1. The van der Waals surface area contributed by atoms with Crippen molar-refractivity contribution in [2.24, 2.45) is 5.41 Å². The van der Waals surface area contributed by atoms with Crippen molar-refractivity contribution >= 4 is 22.4 Å². The van der Waals surface area contributed by atoms with E-state index >= 15 is 0 Å². The predicted molar refractivity (Wildman–Crippen MR) is 162 cm³/mol. The highest BCUT2D eigenvalue weighted by Gasteiger charge is 2.54. The summed E-state index contributed by atoms with van der Waals surface area (Å²) >= 11 is 0. The number of anilines is 1. The summed E-state index contributed by atoms with van der Waals surface area (Å²) in [5.41, 5.74) is 5.45. The molecular weight excluding hydrogens is 512 g/mol. The number of fused-ring (bicyclic) bond motifs is 1. The molecule has 7 rings (SSSR count). The number of phenols is 1. The zero-order valence-corrected chi connectivity index (χ0v) is 23.6. The Morgan fingerprint density at radius 1 is 1.10 bits per heavy atom. The second-order valence-corrected chi connectivity index (χ2v) is 11.8. The van der Waals surface area contributed by atoms with Gasteiger partial charge in [-0.3, -0.25) is 4.79 Å². The lowest BCUT2D eigenvalue weighted by Crippen LogP contribution is -2.63. The number of likely N-dealkylation sites (tertiary alicyclic amines) is 1. The lowest BCUT2D eigenvalue weighted by Gasteiger charge is -2.58. The van der Waals surface area contributed by atoms with Crippen LogP contribution in [0.15, 0.2) is 73.3 Å². The smallest absolute Gasteiger partial charge is 0.245 e. The standard InChI is InChI=1S/C34H36N4O3/c1-3-30(40)37-21-34(22-37)19-25(20-34)33-35-31(23-9-11-26(12-10-23)36-13-15-41-16-14-36)32(38(33)4-2)29-18-27(39)17-24-7-5-6-8-28(24)29/h3,5-12,17-18,25,39H,1,4,13-16,19-22H2,2H3. The third-order valence-corrected chi connectivity index (χ3v) is 9.19. The van der Waals surface area contributed by atoms with E-state index in [1.54, 1.807) is 0 Å².